The SMILES string of the molecule is Cc1cc(C2CCCN2C(=O)C(C)C(C)N)on1.Cl. The first kappa shape index (κ1) is 16.0. The minimum atomic E-state index is -0.158. The monoisotopic (exact) mass is 287 g/mol. The maximum Gasteiger partial charge on any atom is 0.227 e. The smallest absolute Gasteiger partial charge is 0.227 e. The number of hydrogen-bond donors (Lipinski definition) is 1. The summed E-state index contributed by atoms with van der Waals surface area (Å²) in [5.41, 5.74) is 6.66. The molecule has 0 aliphatic carbocycles. The van der Waals surface area contributed by atoms with Crippen molar-refractivity contribution >= 4 is 18.3 Å². The van der Waals surface area contributed by atoms with Gasteiger partial charge >= 0.3 is 0 Å². The zero-order valence-corrected chi connectivity index (χ0v) is 12.4. The molecule has 1 fully saturated rings. The third-order valence-electron chi connectivity index (χ3n) is 3.69. The van der Waals surface area contributed by atoms with Crippen LogP contribution in [0.5, 0.6) is 0 Å². The fraction of sp³-hybridized carbons (Fsp3) is 0.692. The molecule has 19 heavy (non-hydrogen) atoms. The lowest BCUT2D eigenvalue weighted by Crippen LogP contribution is -2.41. The van der Waals surface area contributed by atoms with Crippen LogP contribution in [0.25, 0.3) is 0 Å². The number of hydrogen-bond acceptors (Lipinski definition) is 4. The van der Waals surface area contributed by atoms with Crippen molar-refractivity contribution in [1.29, 1.82) is 0 Å². The van der Waals surface area contributed by atoms with E-state index in [2.05, 4.69) is 5.16 Å². The zero-order valence-electron chi connectivity index (χ0n) is 11.6. The molecule has 0 radical (unpaired) electrons. The van der Waals surface area contributed by atoms with Crippen LogP contribution >= 0.6 is 12.4 Å². The number of rotatable bonds is 3. The summed E-state index contributed by atoms with van der Waals surface area (Å²) in [7, 11) is 0. The molecule has 108 valence electrons. The number of carbonyl (C=O) groups is 1. The molecular formula is C13H22ClN3O2. The first-order chi connectivity index (χ1) is 8.50. The molecule has 0 aromatic carbocycles. The predicted molar refractivity (Wildman–Crippen MR) is 75.0 cm³/mol. The first-order valence-corrected chi connectivity index (χ1v) is 6.50. The van der Waals surface area contributed by atoms with Crippen LogP contribution in [0.3, 0.4) is 0 Å². The van der Waals surface area contributed by atoms with E-state index in [9.17, 15) is 4.79 Å². The Bertz CT molecular complexity index is 433. The van der Waals surface area contributed by atoms with Gasteiger partial charge in [-0.05, 0) is 26.7 Å². The minimum Gasteiger partial charge on any atom is -0.359 e. The van der Waals surface area contributed by atoms with Crippen molar-refractivity contribution in [2.24, 2.45) is 11.7 Å². The van der Waals surface area contributed by atoms with Gasteiger partial charge in [-0.25, -0.2) is 0 Å². The van der Waals surface area contributed by atoms with Crippen molar-refractivity contribution in [2.45, 2.75) is 45.7 Å². The van der Waals surface area contributed by atoms with E-state index in [1.165, 1.54) is 0 Å². The zero-order chi connectivity index (χ0) is 13.3. The fourth-order valence-corrected chi connectivity index (χ4v) is 2.35. The summed E-state index contributed by atoms with van der Waals surface area (Å²) in [6.07, 6.45) is 1.94. The quantitative estimate of drug-likeness (QED) is 0.923. The van der Waals surface area contributed by atoms with Gasteiger partial charge in [0.1, 0.15) is 0 Å². The molecule has 3 unspecified atom stereocenters. The number of likely N-dealkylation sites (tertiary alicyclic amines) is 1. The molecular weight excluding hydrogens is 266 g/mol. The number of aryl methyl sites for hydroxylation is 1. The van der Waals surface area contributed by atoms with Gasteiger partial charge in [0.2, 0.25) is 5.91 Å². The summed E-state index contributed by atoms with van der Waals surface area (Å²) in [6, 6.07) is 1.81. The Hall–Kier alpha value is -1.07. The highest BCUT2D eigenvalue weighted by Gasteiger charge is 2.35. The van der Waals surface area contributed by atoms with Crippen molar-refractivity contribution in [1.82, 2.24) is 10.1 Å². The van der Waals surface area contributed by atoms with Crippen molar-refractivity contribution in [3.05, 3.63) is 17.5 Å². The van der Waals surface area contributed by atoms with Gasteiger partial charge in [0.05, 0.1) is 17.7 Å². The summed E-state index contributed by atoms with van der Waals surface area (Å²) in [6.45, 7) is 6.42. The second-order valence-electron chi connectivity index (χ2n) is 5.21. The Morgan fingerprint density at radius 2 is 2.26 bits per heavy atom. The molecule has 5 nitrogen and oxygen atoms in total. The van der Waals surface area contributed by atoms with Crippen molar-refractivity contribution in [3.8, 4) is 0 Å². The highest BCUT2D eigenvalue weighted by molar-refractivity contribution is 5.85. The molecule has 2 heterocycles. The van der Waals surface area contributed by atoms with E-state index in [0.29, 0.717) is 0 Å². The largest absolute Gasteiger partial charge is 0.359 e. The van der Waals surface area contributed by atoms with Gasteiger partial charge in [0.15, 0.2) is 5.76 Å². The molecule has 6 heteroatoms. The summed E-state index contributed by atoms with van der Waals surface area (Å²) < 4.78 is 5.29. The van der Waals surface area contributed by atoms with Gasteiger partial charge in [-0.15, -0.1) is 12.4 Å². The average Bonchev–Trinajstić information content (AvgIpc) is 2.94. The van der Waals surface area contributed by atoms with E-state index in [1.807, 2.05) is 31.7 Å². The van der Waals surface area contributed by atoms with Gasteiger partial charge in [-0.1, -0.05) is 12.1 Å². The first-order valence-electron chi connectivity index (χ1n) is 6.50. The van der Waals surface area contributed by atoms with E-state index < -0.39 is 0 Å². The van der Waals surface area contributed by atoms with Crippen LogP contribution in [0.4, 0.5) is 0 Å². The van der Waals surface area contributed by atoms with E-state index in [0.717, 1.165) is 30.8 Å². The standard InChI is InChI=1S/C13H21N3O2.ClH/c1-8-7-12(18-15-8)11-5-4-6-16(11)13(17)9(2)10(3)14;/h7,9-11H,4-6,14H2,1-3H3;1H. The summed E-state index contributed by atoms with van der Waals surface area (Å²) in [4.78, 5) is 14.2. The molecule has 0 saturated carbocycles. The van der Waals surface area contributed by atoms with E-state index in [4.69, 9.17) is 10.3 Å². The van der Waals surface area contributed by atoms with Crippen LogP contribution in [0, 0.1) is 12.8 Å². The van der Waals surface area contributed by atoms with Crippen molar-refractivity contribution in [3.63, 3.8) is 0 Å². The van der Waals surface area contributed by atoms with Gasteiger partial charge in [0, 0.05) is 18.7 Å². The lowest BCUT2D eigenvalue weighted by Gasteiger charge is -2.27. The lowest BCUT2D eigenvalue weighted by atomic mass is 10.0. The maximum atomic E-state index is 12.4. The Morgan fingerprint density at radius 1 is 1.58 bits per heavy atom. The lowest BCUT2D eigenvalue weighted by molar-refractivity contribution is -0.136. The third-order valence-corrected chi connectivity index (χ3v) is 3.69. The number of amides is 1. The van der Waals surface area contributed by atoms with Crippen molar-refractivity contribution < 1.29 is 9.32 Å². The van der Waals surface area contributed by atoms with Crippen LogP contribution in [-0.4, -0.2) is 28.6 Å². The molecule has 2 rings (SSSR count). The Kier molecular flexibility index (Phi) is 5.38. The molecule has 1 saturated heterocycles. The second-order valence-corrected chi connectivity index (χ2v) is 5.21. The topological polar surface area (TPSA) is 72.4 Å². The second kappa shape index (κ2) is 6.39. The molecule has 3 atom stereocenters. The average molecular weight is 288 g/mol. The molecule has 2 N–H and O–H groups in total. The molecule has 0 bridgehead atoms. The molecule has 0 spiro atoms. The maximum absolute atomic E-state index is 12.4. The molecule has 1 amide bonds. The minimum absolute atomic E-state index is 0. The van der Waals surface area contributed by atoms with Crippen LogP contribution in [0.1, 0.15) is 44.2 Å². The van der Waals surface area contributed by atoms with Gasteiger partial charge in [-0.2, -0.15) is 0 Å². The van der Waals surface area contributed by atoms with Crippen LogP contribution in [0.2, 0.25) is 0 Å². The van der Waals surface area contributed by atoms with Gasteiger partial charge < -0.3 is 15.2 Å². The van der Waals surface area contributed by atoms with E-state index >= 15 is 0 Å². The number of halogens is 1. The van der Waals surface area contributed by atoms with E-state index in [-0.39, 0.29) is 36.3 Å². The molecule has 1 aromatic rings. The third kappa shape index (κ3) is 3.28. The number of aromatic nitrogens is 1. The van der Waals surface area contributed by atoms with Gasteiger partial charge in [0.25, 0.3) is 0 Å². The number of nitrogens with zero attached hydrogens (tertiary/aromatic N) is 2. The Morgan fingerprint density at radius 3 is 2.79 bits per heavy atom. The molecule has 1 aromatic heterocycles. The Labute approximate surface area is 119 Å². The van der Waals surface area contributed by atoms with Gasteiger partial charge in [-0.3, -0.25) is 4.79 Å². The van der Waals surface area contributed by atoms with Crippen LogP contribution in [-0.2, 0) is 4.79 Å². The van der Waals surface area contributed by atoms with Crippen LogP contribution < -0.4 is 5.73 Å². The predicted octanol–water partition coefficient (Wildman–Crippen LogP) is 2.05. The van der Waals surface area contributed by atoms with Crippen molar-refractivity contribution in [2.75, 3.05) is 6.54 Å². The van der Waals surface area contributed by atoms with Crippen LogP contribution in [0.15, 0.2) is 10.6 Å². The summed E-state index contributed by atoms with van der Waals surface area (Å²) in [5, 5.41) is 3.90. The normalized spacial score (nSPS) is 21.9. The number of nitrogens with two attached hydrogens (primary N) is 1. The summed E-state index contributed by atoms with van der Waals surface area (Å²) >= 11 is 0. The Balaban J connectivity index is 0.00000180. The number of carbonyl (C=O) groups excluding carboxylic acids is 1. The highest BCUT2D eigenvalue weighted by Crippen LogP contribution is 2.33. The fourth-order valence-electron chi connectivity index (χ4n) is 2.35. The molecule has 1 aliphatic rings. The summed E-state index contributed by atoms with van der Waals surface area (Å²) in [5.74, 6) is 0.742. The molecule has 1 aliphatic heterocycles. The highest BCUT2D eigenvalue weighted by atomic mass is 35.5. The van der Waals surface area contributed by atoms with E-state index in [1.54, 1.807) is 0 Å².